The third kappa shape index (κ3) is 2.86. The summed E-state index contributed by atoms with van der Waals surface area (Å²) in [4.78, 5) is 12.8. The minimum atomic E-state index is 0.137. The Bertz CT molecular complexity index is 947. The molecule has 0 saturated heterocycles. The van der Waals surface area contributed by atoms with Gasteiger partial charge in [0, 0.05) is 6.42 Å². The van der Waals surface area contributed by atoms with E-state index in [1.807, 2.05) is 59.3 Å². The average molecular weight is 347 g/mol. The van der Waals surface area contributed by atoms with E-state index in [1.165, 1.54) is 0 Å². The Labute approximate surface area is 152 Å². The Morgan fingerprint density at radius 2 is 1.81 bits per heavy atom. The predicted octanol–water partition coefficient (Wildman–Crippen LogP) is 4.39. The van der Waals surface area contributed by atoms with Crippen LogP contribution in [0.1, 0.15) is 29.4 Å². The molecular weight excluding hydrogens is 326 g/mol. The zero-order valence-corrected chi connectivity index (χ0v) is 14.9. The van der Waals surface area contributed by atoms with Crippen LogP contribution in [-0.4, -0.2) is 22.7 Å². The van der Waals surface area contributed by atoms with E-state index in [9.17, 15) is 4.79 Å². The quantitative estimate of drug-likeness (QED) is 0.760. The van der Waals surface area contributed by atoms with Crippen LogP contribution in [-0.2, 0) is 6.42 Å². The van der Waals surface area contributed by atoms with Crippen molar-refractivity contribution < 1.29 is 9.53 Å². The van der Waals surface area contributed by atoms with Crippen LogP contribution < -0.4 is 10.1 Å². The highest BCUT2D eigenvalue weighted by Gasteiger charge is 2.31. The molecule has 0 saturated carbocycles. The van der Waals surface area contributed by atoms with Crippen molar-refractivity contribution in [3.63, 3.8) is 0 Å². The lowest BCUT2D eigenvalue weighted by molar-refractivity contribution is 0.0953. The Hall–Kier alpha value is -3.08. The average Bonchev–Trinajstić information content (AvgIpc) is 3.01. The fourth-order valence-electron chi connectivity index (χ4n) is 3.50. The smallest absolute Gasteiger partial charge is 0.168 e. The number of rotatable bonds is 4. The van der Waals surface area contributed by atoms with Crippen molar-refractivity contribution in [2.75, 3.05) is 12.4 Å². The first-order chi connectivity index (χ1) is 12.7. The molecule has 1 aliphatic carbocycles. The van der Waals surface area contributed by atoms with Crippen molar-refractivity contribution in [1.82, 2.24) is 9.78 Å². The maximum absolute atomic E-state index is 12.8. The number of methoxy groups -OCH3 is 1. The second kappa shape index (κ2) is 6.67. The molecule has 132 valence electrons. The molecule has 5 heteroatoms. The van der Waals surface area contributed by atoms with Gasteiger partial charge in [0.25, 0.3) is 0 Å². The van der Waals surface area contributed by atoms with Crippen molar-refractivity contribution in [2.45, 2.75) is 19.8 Å². The summed E-state index contributed by atoms with van der Waals surface area (Å²) >= 11 is 0. The van der Waals surface area contributed by atoms with Gasteiger partial charge in [-0.3, -0.25) is 4.79 Å². The number of nitrogens with one attached hydrogen (secondary N) is 1. The van der Waals surface area contributed by atoms with Gasteiger partial charge in [-0.2, -0.15) is 0 Å². The lowest BCUT2D eigenvalue weighted by atomic mass is 9.87. The van der Waals surface area contributed by atoms with Crippen LogP contribution in [0.25, 0.3) is 5.69 Å². The summed E-state index contributed by atoms with van der Waals surface area (Å²) in [7, 11) is 1.63. The first-order valence-corrected chi connectivity index (χ1v) is 8.78. The van der Waals surface area contributed by atoms with Gasteiger partial charge in [0.15, 0.2) is 11.6 Å². The molecule has 0 aliphatic heterocycles. The molecule has 0 unspecified atom stereocenters. The third-order valence-electron chi connectivity index (χ3n) is 4.70. The summed E-state index contributed by atoms with van der Waals surface area (Å²) in [5.41, 5.74) is 3.41. The number of carbonyl (C=O) groups excluding carboxylic acids is 1. The molecule has 2 aromatic carbocycles. The lowest BCUT2D eigenvalue weighted by Crippen LogP contribution is -2.19. The summed E-state index contributed by atoms with van der Waals surface area (Å²) in [5, 5.41) is 8.06. The third-order valence-corrected chi connectivity index (χ3v) is 4.70. The van der Waals surface area contributed by atoms with Gasteiger partial charge in [0.2, 0.25) is 0 Å². The van der Waals surface area contributed by atoms with Gasteiger partial charge in [0.05, 0.1) is 29.7 Å². The van der Waals surface area contributed by atoms with Crippen molar-refractivity contribution in [3.8, 4) is 11.4 Å². The maximum Gasteiger partial charge on any atom is 0.168 e. The van der Waals surface area contributed by atoms with Gasteiger partial charge in [-0.15, -0.1) is 5.10 Å². The molecule has 0 fully saturated rings. The molecule has 1 aromatic heterocycles. The number of ketones is 1. The molecule has 1 heterocycles. The fourth-order valence-corrected chi connectivity index (χ4v) is 3.50. The molecule has 3 aromatic rings. The molecule has 0 radical (unpaired) electrons. The highest BCUT2D eigenvalue weighted by Crippen LogP contribution is 2.35. The molecular formula is C21H21N3O2. The number of para-hydroxylation sites is 3. The number of aromatic nitrogens is 2. The SMILES string of the molecule is COc1ccccc1Nc1nn(-c2ccccc2)c2c1C(=O)C[C@@H](C)C2. The Morgan fingerprint density at radius 1 is 1.08 bits per heavy atom. The van der Waals surface area contributed by atoms with Gasteiger partial charge >= 0.3 is 0 Å². The van der Waals surface area contributed by atoms with Crippen LogP contribution in [0.2, 0.25) is 0 Å². The normalized spacial score (nSPS) is 16.2. The number of fused-ring (bicyclic) bond motifs is 1. The molecule has 0 amide bonds. The molecule has 4 rings (SSSR count). The van der Waals surface area contributed by atoms with Crippen LogP contribution in [0.3, 0.4) is 0 Å². The second-order valence-corrected chi connectivity index (χ2v) is 6.68. The highest BCUT2D eigenvalue weighted by atomic mass is 16.5. The number of benzene rings is 2. The van der Waals surface area contributed by atoms with E-state index in [2.05, 4.69) is 12.2 Å². The number of Topliss-reactive ketones (excluding diaryl/α,β-unsaturated/α-hetero) is 1. The van der Waals surface area contributed by atoms with Crippen LogP contribution in [0.15, 0.2) is 54.6 Å². The standard InChI is InChI=1S/C21H21N3O2/c1-14-12-17-20(18(25)13-14)21(22-16-10-6-7-11-19(16)26-2)23-24(17)15-8-4-3-5-9-15/h3-11,14H,12-13H2,1-2H3,(H,22,23)/t14-/m0/s1. The molecule has 0 spiro atoms. The van der Waals surface area contributed by atoms with Crippen molar-refractivity contribution in [1.29, 1.82) is 0 Å². The largest absolute Gasteiger partial charge is 0.495 e. The minimum Gasteiger partial charge on any atom is -0.495 e. The number of hydrogen-bond acceptors (Lipinski definition) is 4. The van der Waals surface area contributed by atoms with Gasteiger partial charge < -0.3 is 10.1 Å². The number of nitrogens with zero attached hydrogens (tertiary/aromatic N) is 2. The summed E-state index contributed by atoms with van der Waals surface area (Å²) in [6, 6.07) is 17.6. The van der Waals surface area contributed by atoms with Gasteiger partial charge in [-0.1, -0.05) is 37.3 Å². The number of carbonyl (C=O) groups is 1. The molecule has 5 nitrogen and oxygen atoms in total. The van der Waals surface area contributed by atoms with Crippen molar-refractivity contribution >= 4 is 17.3 Å². The Morgan fingerprint density at radius 3 is 2.58 bits per heavy atom. The Kier molecular flexibility index (Phi) is 4.21. The first kappa shape index (κ1) is 16.4. The van der Waals surface area contributed by atoms with Crippen molar-refractivity contribution in [3.05, 3.63) is 65.9 Å². The van der Waals surface area contributed by atoms with E-state index in [0.717, 1.165) is 23.5 Å². The monoisotopic (exact) mass is 347 g/mol. The van der Waals surface area contributed by atoms with E-state index >= 15 is 0 Å². The number of hydrogen-bond donors (Lipinski definition) is 1. The van der Waals surface area contributed by atoms with Crippen LogP contribution in [0.4, 0.5) is 11.5 Å². The van der Waals surface area contributed by atoms with Crippen LogP contribution in [0.5, 0.6) is 5.75 Å². The minimum absolute atomic E-state index is 0.137. The van der Waals surface area contributed by atoms with E-state index in [-0.39, 0.29) is 5.78 Å². The van der Waals surface area contributed by atoms with Crippen LogP contribution >= 0.6 is 0 Å². The van der Waals surface area contributed by atoms with Crippen molar-refractivity contribution in [2.24, 2.45) is 5.92 Å². The van der Waals surface area contributed by atoms with E-state index in [1.54, 1.807) is 7.11 Å². The fraction of sp³-hybridized carbons (Fsp3) is 0.238. The van der Waals surface area contributed by atoms with E-state index in [4.69, 9.17) is 9.84 Å². The molecule has 1 N–H and O–H groups in total. The molecule has 1 aliphatic rings. The number of ether oxygens (including phenoxy) is 1. The van der Waals surface area contributed by atoms with Gasteiger partial charge in [-0.05, 0) is 36.6 Å². The highest BCUT2D eigenvalue weighted by molar-refractivity contribution is 6.03. The van der Waals surface area contributed by atoms with E-state index in [0.29, 0.717) is 29.5 Å². The summed E-state index contributed by atoms with van der Waals surface area (Å²) < 4.78 is 7.30. The molecule has 1 atom stereocenters. The molecule has 0 bridgehead atoms. The summed E-state index contributed by atoms with van der Waals surface area (Å²) in [6.45, 7) is 2.11. The zero-order chi connectivity index (χ0) is 18.1. The molecule has 26 heavy (non-hydrogen) atoms. The maximum atomic E-state index is 12.8. The predicted molar refractivity (Wildman–Crippen MR) is 102 cm³/mol. The van der Waals surface area contributed by atoms with Gasteiger partial charge in [-0.25, -0.2) is 4.68 Å². The summed E-state index contributed by atoms with van der Waals surface area (Å²) in [6.07, 6.45) is 1.38. The van der Waals surface area contributed by atoms with Crippen LogP contribution in [0, 0.1) is 5.92 Å². The first-order valence-electron chi connectivity index (χ1n) is 8.78. The van der Waals surface area contributed by atoms with E-state index < -0.39 is 0 Å². The number of anilines is 2. The topological polar surface area (TPSA) is 56.1 Å². The van der Waals surface area contributed by atoms with Gasteiger partial charge in [0.1, 0.15) is 5.75 Å². The lowest BCUT2D eigenvalue weighted by Gasteiger charge is -2.19. The zero-order valence-electron chi connectivity index (χ0n) is 14.9. The summed E-state index contributed by atoms with van der Waals surface area (Å²) in [5.74, 6) is 1.75. The Balaban J connectivity index is 1.84. The second-order valence-electron chi connectivity index (χ2n) is 6.68.